The summed E-state index contributed by atoms with van der Waals surface area (Å²) in [5.74, 6) is 0.732. The number of nitrogens with zero attached hydrogens (tertiary/aromatic N) is 1. The number of aromatic nitrogens is 1. The second-order valence-electron chi connectivity index (χ2n) is 4.42. The number of anilines is 1. The monoisotopic (exact) mass is 292 g/mol. The number of aryl methyl sites for hydroxylation is 1. The lowest BCUT2D eigenvalue weighted by Crippen LogP contribution is -2.13. The largest absolute Gasteiger partial charge is 0.443 e. The van der Waals surface area contributed by atoms with Crippen LogP contribution in [0.15, 0.2) is 44.4 Å². The van der Waals surface area contributed by atoms with Crippen molar-refractivity contribution >= 4 is 26.8 Å². The molecule has 1 aromatic carbocycles. The lowest BCUT2D eigenvalue weighted by Gasteiger charge is -2.01. The summed E-state index contributed by atoms with van der Waals surface area (Å²) in [7, 11) is -3.82. The first-order valence-electron chi connectivity index (χ1n) is 5.91. The first-order chi connectivity index (χ1) is 9.47. The van der Waals surface area contributed by atoms with Crippen LogP contribution in [0.2, 0.25) is 0 Å². The van der Waals surface area contributed by atoms with Gasteiger partial charge >= 0.3 is 0 Å². The smallest absolute Gasteiger partial charge is 0.296 e. The number of hydrogen-bond donors (Lipinski definition) is 1. The molecule has 0 amide bonds. The van der Waals surface area contributed by atoms with Gasteiger partial charge in [-0.2, -0.15) is 8.42 Å². The van der Waals surface area contributed by atoms with Gasteiger partial charge in [0, 0.05) is 17.0 Å². The minimum absolute atomic E-state index is 0.154. The molecule has 0 aliphatic carbocycles. The van der Waals surface area contributed by atoms with Crippen LogP contribution in [0, 0.1) is 13.8 Å². The van der Waals surface area contributed by atoms with Crippen LogP contribution >= 0.6 is 0 Å². The number of nitrogens with one attached hydrogen (secondary N) is 1. The Kier molecular flexibility index (Phi) is 2.79. The van der Waals surface area contributed by atoms with Gasteiger partial charge in [0.05, 0.1) is 0 Å². The molecule has 0 saturated carbocycles. The Balaban J connectivity index is 2.01. The van der Waals surface area contributed by atoms with E-state index in [1.54, 1.807) is 32.0 Å². The Hall–Kier alpha value is -2.28. The minimum atomic E-state index is -3.82. The summed E-state index contributed by atoms with van der Waals surface area (Å²) in [6.07, 6.45) is 0. The van der Waals surface area contributed by atoms with Gasteiger partial charge in [0.2, 0.25) is 5.09 Å². The predicted molar refractivity (Wildman–Crippen MR) is 73.0 cm³/mol. The number of fused-ring (bicyclic) bond motifs is 1. The molecule has 7 heteroatoms. The van der Waals surface area contributed by atoms with Crippen molar-refractivity contribution in [3.63, 3.8) is 0 Å². The summed E-state index contributed by atoms with van der Waals surface area (Å²) in [6.45, 7) is 3.43. The van der Waals surface area contributed by atoms with Crippen molar-refractivity contribution in [2.75, 3.05) is 4.72 Å². The fourth-order valence-corrected chi connectivity index (χ4v) is 2.81. The maximum atomic E-state index is 12.2. The van der Waals surface area contributed by atoms with Crippen LogP contribution in [-0.4, -0.2) is 13.6 Å². The van der Waals surface area contributed by atoms with E-state index in [1.165, 1.54) is 6.07 Å². The molecular weight excluding hydrogens is 280 g/mol. The van der Waals surface area contributed by atoms with Gasteiger partial charge in [-0.3, -0.25) is 4.72 Å². The molecule has 104 valence electrons. The zero-order chi connectivity index (χ0) is 14.3. The number of sulfonamides is 1. The molecule has 0 atom stereocenters. The number of para-hydroxylation sites is 1. The standard InChI is InChI=1S/C13H12N2O4S/c1-8-9(2)19-14-13(8)15-20(16,17)12-7-10-5-3-4-6-11(10)18-12/h3-7H,1-2H3,(H,14,15). The quantitative estimate of drug-likeness (QED) is 0.802. The number of benzene rings is 1. The molecule has 0 aliphatic heterocycles. The van der Waals surface area contributed by atoms with Crippen LogP contribution in [0.25, 0.3) is 11.0 Å². The SMILES string of the molecule is Cc1onc(NS(=O)(=O)c2cc3ccccc3o2)c1C. The van der Waals surface area contributed by atoms with Crippen LogP contribution in [0.3, 0.4) is 0 Å². The molecule has 0 aliphatic rings. The summed E-state index contributed by atoms with van der Waals surface area (Å²) in [5, 5.41) is 4.24. The Bertz CT molecular complexity index is 844. The van der Waals surface area contributed by atoms with Crippen molar-refractivity contribution < 1.29 is 17.4 Å². The zero-order valence-corrected chi connectivity index (χ0v) is 11.7. The van der Waals surface area contributed by atoms with Crippen molar-refractivity contribution in [2.24, 2.45) is 0 Å². The molecule has 0 fully saturated rings. The highest BCUT2D eigenvalue weighted by molar-refractivity contribution is 7.92. The van der Waals surface area contributed by atoms with E-state index in [2.05, 4.69) is 9.88 Å². The normalized spacial score (nSPS) is 11.9. The fourth-order valence-electron chi connectivity index (χ4n) is 1.78. The lowest BCUT2D eigenvalue weighted by atomic mass is 10.3. The molecule has 3 aromatic rings. The second kappa shape index (κ2) is 4.38. The molecule has 2 heterocycles. The average molecular weight is 292 g/mol. The maximum absolute atomic E-state index is 12.2. The van der Waals surface area contributed by atoms with Crippen molar-refractivity contribution in [2.45, 2.75) is 18.9 Å². The molecule has 0 unspecified atom stereocenters. The van der Waals surface area contributed by atoms with E-state index in [-0.39, 0.29) is 10.9 Å². The predicted octanol–water partition coefficient (Wildman–Crippen LogP) is 2.84. The second-order valence-corrected chi connectivity index (χ2v) is 6.03. The van der Waals surface area contributed by atoms with Crippen molar-refractivity contribution in [3.8, 4) is 0 Å². The van der Waals surface area contributed by atoms with Gasteiger partial charge < -0.3 is 8.94 Å². The van der Waals surface area contributed by atoms with Gasteiger partial charge in [-0.15, -0.1) is 0 Å². The molecule has 0 bridgehead atoms. The molecule has 1 N–H and O–H groups in total. The summed E-state index contributed by atoms with van der Waals surface area (Å²) >= 11 is 0. The third kappa shape index (κ3) is 2.05. The van der Waals surface area contributed by atoms with Gasteiger partial charge in [-0.1, -0.05) is 23.4 Å². The van der Waals surface area contributed by atoms with Gasteiger partial charge in [-0.25, -0.2) is 0 Å². The third-order valence-electron chi connectivity index (χ3n) is 3.06. The summed E-state index contributed by atoms with van der Waals surface area (Å²) in [5.41, 5.74) is 1.16. The molecule has 3 rings (SSSR count). The van der Waals surface area contributed by atoms with E-state index in [4.69, 9.17) is 8.94 Å². The summed E-state index contributed by atoms with van der Waals surface area (Å²) in [6, 6.07) is 8.55. The number of furan rings is 1. The van der Waals surface area contributed by atoms with Gasteiger partial charge in [-0.05, 0) is 19.9 Å². The Morgan fingerprint density at radius 2 is 1.95 bits per heavy atom. The number of hydrogen-bond acceptors (Lipinski definition) is 5. The fraction of sp³-hybridized carbons (Fsp3) is 0.154. The Labute approximate surface area is 115 Å². The van der Waals surface area contributed by atoms with Crippen LogP contribution < -0.4 is 4.72 Å². The molecule has 20 heavy (non-hydrogen) atoms. The maximum Gasteiger partial charge on any atom is 0.296 e. The van der Waals surface area contributed by atoms with Crippen LogP contribution in [0.5, 0.6) is 0 Å². The Morgan fingerprint density at radius 1 is 1.20 bits per heavy atom. The highest BCUT2D eigenvalue weighted by atomic mass is 32.2. The Morgan fingerprint density at radius 3 is 2.60 bits per heavy atom. The van der Waals surface area contributed by atoms with Crippen molar-refractivity contribution in [1.82, 2.24) is 5.16 Å². The summed E-state index contributed by atoms with van der Waals surface area (Å²) < 4.78 is 37.1. The van der Waals surface area contributed by atoms with Crippen molar-refractivity contribution in [1.29, 1.82) is 0 Å². The van der Waals surface area contributed by atoms with E-state index in [0.29, 0.717) is 16.9 Å². The topological polar surface area (TPSA) is 85.3 Å². The first-order valence-corrected chi connectivity index (χ1v) is 7.40. The molecule has 0 spiro atoms. The van der Waals surface area contributed by atoms with Gasteiger partial charge in [0.1, 0.15) is 11.3 Å². The van der Waals surface area contributed by atoms with Gasteiger partial charge in [0.15, 0.2) is 5.82 Å². The summed E-state index contributed by atoms with van der Waals surface area (Å²) in [4.78, 5) is 0. The molecule has 2 aromatic heterocycles. The number of rotatable bonds is 3. The highest BCUT2D eigenvalue weighted by Crippen LogP contribution is 2.25. The van der Waals surface area contributed by atoms with Crippen LogP contribution in [0.1, 0.15) is 11.3 Å². The highest BCUT2D eigenvalue weighted by Gasteiger charge is 2.22. The average Bonchev–Trinajstić information content (AvgIpc) is 2.98. The molecule has 6 nitrogen and oxygen atoms in total. The third-order valence-corrected chi connectivity index (χ3v) is 4.25. The van der Waals surface area contributed by atoms with E-state index < -0.39 is 10.0 Å². The zero-order valence-electron chi connectivity index (χ0n) is 10.9. The molecule has 0 saturated heterocycles. The lowest BCUT2D eigenvalue weighted by molar-refractivity contribution is 0.399. The van der Waals surface area contributed by atoms with Crippen LogP contribution in [-0.2, 0) is 10.0 Å². The minimum Gasteiger partial charge on any atom is -0.443 e. The van der Waals surface area contributed by atoms with Gasteiger partial charge in [0.25, 0.3) is 10.0 Å². The molecule has 0 radical (unpaired) electrons. The van der Waals surface area contributed by atoms with E-state index in [0.717, 1.165) is 5.39 Å². The molecular formula is C13H12N2O4S. The van der Waals surface area contributed by atoms with E-state index in [1.807, 2.05) is 6.07 Å². The van der Waals surface area contributed by atoms with E-state index in [9.17, 15) is 8.42 Å². The first kappa shape index (κ1) is 12.7. The van der Waals surface area contributed by atoms with Crippen molar-refractivity contribution in [3.05, 3.63) is 41.7 Å². The van der Waals surface area contributed by atoms with Crippen LogP contribution in [0.4, 0.5) is 5.82 Å². The van der Waals surface area contributed by atoms with E-state index >= 15 is 0 Å².